The van der Waals surface area contributed by atoms with Crippen molar-refractivity contribution < 1.29 is 19.1 Å². The number of nitrogens with one attached hydrogen (secondary N) is 1. The van der Waals surface area contributed by atoms with Gasteiger partial charge in [0.05, 0.1) is 31.7 Å². The number of ether oxygens (including phenoxy) is 2. The van der Waals surface area contributed by atoms with Gasteiger partial charge in [-0.05, 0) is 24.6 Å². The van der Waals surface area contributed by atoms with E-state index in [0.29, 0.717) is 10.6 Å². The molecule has 2 rings (SSSR count). The standard InChI is InChI=1S/C18H18Cl2N2O4/c1-3-26-16(23)9-15(12-6-4-5-7-13(12)19)22-17(24)11-8-14(20)18(25-2)21-10-11/h4-8,10,15H,3,9H2,1-2H3,(H,22,24)/t15-/m0/s1. The van der Waals surface area contributed by atoms with Crippen LogP contribution < -0.4 is 10.1 Å². The zero-order valence-corrected chi connectivity index (χ0v) is 15.8. The van der Waals surface area contributed by atoms with Crippen molar-refractivity contribution in [3.05, 3.63) is 57.7 Å². The van der Waals surface area contributed by atoms with Crippen LogP contribution in [0.3, 0.4) is 0 Å². The normalized spacial score (nSPS) is 11.5. The fourth-order valence-corrected chi connectivity index (χ4v) is 2.84. The lowest BCUT2D eigenvalue weighted by Crippen LogP contribution is -2.31. The summed E-state index contributed by atoms with van der Waals surface area (Å²) >= 11 is 12.2. The number of nitrogens with zero attached hydrogens (tertiary/aromatic N) is 1. The number of hydrogen-bond acceptors (Lipinski definition) is 5. The van der Waals surface area contributed by atoms with Crippen molar-refractivity contribution in [1.29, 1.82) is 0 Å². The van der Waals surface area contributed by atoms with E-state index >= 15 is 0 Å². The summed E-state index contributed by atoms with van der Waals surface area (Å²) in [6.45, 7) is 1.96. The summed E-state index contributed by atoms with van der Waals surface area (Å²) in [4.78, 5) is 28.5. The number of pyridine rings is 1. The van der Waals surface area contributed by atoms with Gasteiger partial charge in [-0.25, -0.2) is 4.98 Å². The SMILES string of the molecule is CCOC(=O)C[C@H](NC(=O)c1cnc(OC)c(Cl)c1)c1ccccc1Cl. The first kappa shape index (κ1) is 20.0. The molecule has 1 amide bonds. The molecular formula is C18H18Cl2N2O4. The Morgan fingerprint density at radius 2 is 1.96 bits per heavy atom. The largest absolute Gasteiger partial charge is 0.480 e. The van der Waals surface area contributed by atoms with Crippen molar-refractivity contribution >= 4 is 35.1 Å². The van der Waals surface area contributed by atoms with Crippen LogP contribution in [0.5, 0.6) is 5.88 Å². The van der Waals surface area contributed by atoms with Crippen molar-refractivity contribution in [1.82, 2.24) is 10.3 Å². The average molecular weight is 397 g/mol. The third-order valence-electron chi connectivity index (χ3n) is 3.53. The summed E-state index contributed by atoms with van der Waals surface area (Å²) in [5.74, 6) is -0.669. The zero-order valence-electron chi connectivity index (χ0n) is 14.3. The van der Waals surface area contributed by atoms with Crippen LogP contribution in [0.2, 0.25) is 10.0 Å². The Labute approximate surface area is 161 Å². The van der Waals surface area contributed by atoms with E-state index < -0.39 is 17.9 Å². The van der Waals surface area contributed by atoms with Crippen LogP contribution in [0.4, 0.5) is 0 Å². The second-order valence-electron chi connectivity index (χ2n) is 5.27. The predicted molar refractivity (Wildman–Crippen MR) is 98.7 cm³/mol. The van der Waals surface area contributed by atoms with E-state index in [2.05, 4.69) is 10.3 Å². The Hall–Kier alpha value is -2.31. The number of carbonyl (C=O) groups is 2. The maximum atomic E-state index is 12.6. The van der Waals surface area contributed by atoms with Crippen LogP contribution in [0.1, 0.15) is 35.3 Å². The van der Waals surface area contributed by atoms with E-state index in [-0.39, 0.29) is 29.5 Å². The Kier molecular flexibility index (Phi) is 7.24. The minimum atomic E-state index is -0.656. The number of carbonyl (C=O) groups excluding carboxylic acids is 2. The molecule has 0 aliphatic rings. The molecule has 1 aromatic carbocycles. The summed E-state index contributed by atoms with van der Waals surface area (Å²) in [5, 5.41) is 3.43. The number of aromatic nitrogens is 1. The van der Waals surface area contributed by atoms with Gasteiger partial charge < -0.3 is 14.8 Å². The Morgan fingerprint density at radius 3 is 2.58 bits per heavy atom. The van der Waals surface area contributed by atoms with Gasteiger partial charge in [-0.2, -0.15) is 0 Å². The second-order valence-corrected chi connectivity index (χ2v) is 6.09. The number of halogens is 2. The van der Waals surface area contributed by atoms with E-state index in [9.17, 15) is 9.59 Å². The van der Waals surface area contributed by atoms with Crippen LogP contribution in [-0.2, 0) is 9.53 Å². The fraction of sp³-hybridized carbons (Fsp3) is 0.278. The fourth-order valence-electron chi connectivity index (χ4n) is 2.32. The molecule has 1 N–H and O–H groups in total. The minimum Gasteiger partial charge on any atom is -0.480 e. The molecule has 1 atom stereocenters. The molecule has 0 fully saturated rings. The highest BCUT2D eigenvalue weighted by Crippen LogP contribution is 2.27. The van der Waals surface area contributed by atoms with Crippen LogP contribution >= 0.6 is 23.2 Å². The lowest BCUT2D eigenvalue weighted by molar-refractivity contribution is -0.143. The molecule has 0 aliphatic heterocycles. The van der Waals surface area contributed by atoms with Gasteiger partial charge in [0, 0.05) is 11.2 Å². The monoisotopic (exact) mass is 396 g/mol. The highest BCUT2D eigenvalue weighted by Gasteiger charge is 2.22. The second kappa shape index (κ2) is 9.40. The summed E-state index contributed by atoms with van der Waals surface area (Å²) < 4.78 is 9.96. The lowest BCUT2D eigenvalue weighted by atomic mass is 10.0. The molecule has 2 aromatic rings. The molecule has 26 heavy (non-hydrogen) atoms. The van der Waals surface area contributed by atoms with Crippen molar-refractivity contribution in [2.24, 2.45) is 0 Å². The number of esters is 1. The van der Waals surface area contributed by atoms with Crippen molar-refractivity contribution in [2.45, 2.75) is 19.4 Å². The Balaban J connectivity index is 2.25. The molecule has 0 radical (unpaired) electrons. The van der Waals surface area contributed by atoms with Gasteiger partial charge in [0.1, 0.15) is 5.02 Å². The quantitative estimate of drug-likeness (QED) is 0.719. The summed E-state index contributed by atoms with van der Waals surface area (Å²) in [7, 11) is 1.43. The number of hydrogen-bond donors (Lipinski definition) is 1. The zero-order chi connectivity index (χ0) is 19.1. The molecule has 1 heterocycles. The van der Waals surface area contributed by atoms with E-state index in [4.69, 9.17) is 32.7 Å². The Morgan fingerprint density at radius 1 is 1.23 bits per heavy atom. The molecule has 0 aliphatic carbocycles. The molecule has 8 heteroatoms. The maximum absolute atomic E-state index is 12.6. The molecule has 1 aromatic heterocycles. The third-order valence-corrected chi connectivity index (χ3v) is 4.14. The van der Waals surface area contributed by atoms with Gasteiger partial charge in [-0.1, -0.05) is 41.4 Å². The molecule has 0 unspecified atom stereocenters. The Bertz CT molecular complexity index is 799. The summed E-state index contributed by atoms with van der Waals surface area (Å²) in [6, 6.07) is 7.76. The molecule has 0 spiro atoms. The molecule has 138 valence electrons. The van der Waals surface area contributed by atoms with Gasteiger partial charge >= 0.3 is 5.97 Å². The molecule has 0 saturated carbocycles. The topological polar surface area (TPSA) is 77.5 Å². The lowest BCUT2D eigenvalue weighted by Gasteiger charge is -2.20. The number of amides is 1. The van der Waals surface area contributed by atoms with E-state index in [1.165, 1.54) is 19.4 Å². The van der Waals surface area contributed by atoms with Crippen molar-refractivity contribution in [3.8, 4) is 5.88 Å². The van der Waals surface area contributed by atoms with Gasteiger partial charge in [-0.3, -0.25) is 9.59 Å². The van der Waals surface area contributed by atoms with Crippen molar-refractivity contribution in [2.75, 3.05) is 13.7 Å². The predicted octanol–water partition coefficient (Wildman–Crippen LogP) is 3.82. The van der Waals surface area contributed by atoms with E-state index in [1.54, 1.807) is 31.2 Å². The molecular weight excluding hydrogens is 379 g/mol. The smallest absolute Gasteiger partial charge is 0.308 e. The van der Waals surface area contributed by atoms with Crippen LogP contribution in [0.25, 0.3) is 0 Å². The van der Waals surface area contributed by atoms with Gasteiger partial charge in [0.15, 0.2) is 0 Å². The summed E-state index contributed by atoms with van der Waals surface area (Å²) in [5.41, 5.74) is 0.847. The average Bonchev–Trinajstić information content (AvgIpc) is 2.61. The minimum absolute atomic E-state index is 0.0549. The molecule has 6 nitrogen and oxygen atoms in total. The number of rotatable bonds is 7. The number of methoxy groups -OCH3 is 1. The maximum Gasteiger partial charge on any atom is 0.308 e. The first-order valence-corrected chi connectivity index (χ1v) is 8.62. The summed E-state index contributed by atoms with van der Waals surface area (Å²) in [6.07, 6.45) is 1.29. The van der Waals surface area contributed by atoms with Crippen LogP contribution in [-0.4, -0.2) is 30.6 Å². The molecule has 0 saturated heterocycles. The van der Waals surface area contributed by atoms with Gasteiger partial charge in [0.2, 0.25) is 5.88 Å². The van der Waals surface area contributed by atoms with E-state index in [1.807, 2.05) is 0 Å². The van der Waals surface area contributed by atoms with E-state index in [0.717, 1.165) is 0 Å². The highest BCUT2D eigenvalue weighted by molar-refractivity contribution is 6.32. The van der Waals surface area contributed by atoms with Gasteiger partial charge in [0.25, 0.3) is 5.91 Å². The van der Waals surface area contributed by atoms with Crippen molar-refractivity contribution in [3.63, 3.8) is 0 Å². The van der Waals surface area contributed by atoms with Gasteiger partial charge in [-0.15, -0.1) is 0 Å². The first-order chi connectivity index (χ1) is 12.5. The van der Waals surface area contributed by atoms with Crippen LogP contribution in [0, 0.1) is 0 Å². The van der Waals surface area contributed by atoms with Crippen LogP contribution in [0.15, 0.2) is 36.5 Å². The molecule has 0 bridgehead atoms. The third kappa shape index (κ3) is 5.09. The number of benzene rings is 1. The highest BCUT2D eigenvalue weighted by atomic mass is 35.5. The first-order valence-electron chi connectivity index (χ1n) is 7.86.